The molecular formula is C27H32O7. The summed E-state index contributed by atoms with van der Waals surface area (Å²) >= 11 is 0. The van der Waals surface area contributed by atoms with Crippen LogP contribution in [0.5, 0.6) is 0 Å². The maximum atomic E-state index is 12.6. The van der Waals surface area contributed by atoms with Crippen LogP contribution in [0.4, 0.5) is 0 Å². The molecule has 0 amide bonds. The Balaban J connectivity index is 1.73. The van der Waals surface area contributed by atoms with Crippen LogP contribution in [0.3, 0.4) is 0 Å². The SMILES string of the molecule is CCOC(=O)C(C(=O)OCC)[C@H]1C=C[C@H](OCc2ccccc2)[C@@H](COCc2ccccc2)O1. The lowest BCUT2D eigenvalue weighted by molar-refractivity contribution is -0.176. The van der Waals surface area contributed by atoms with Crippen LogP contribution >= 0.6 is 0 Å². The van der Waals surface area contributed by atoms with Gasteiger partial charge in [0.05, 0.1) is 33.0 Å². The minimum absolute atomic E-state index is 0.150. The highest BCUT2D eigenvalue weighted by Gasteiger charge is 2.41. The molecule has 7 nitrogen and oxygen atoms in total. The van der Waals surface area contributed by atoms with Crippen LogP contribution in [0.2, 0.25) is 0 Å². The van der Waals surface area contributed by atoms with E-state index in [9.17, 15) is 9.59 Å². The van der Waals surface area contributed by atoms with Crippen LogP contribution in [-0.2, 0) is 46.5 Å². The highest BCUT2D eigenvalue weighted by atomic mass is 16.6. The van der Waals surface area contributed by atoms with Gasteiger partial charge in [-0.3, -0.25) is 9.59 Å². The lowest BCUT2D eigenvalue weighted by Gasteiger charge is -2.34. The summed E-state index contributed by atoms with van der Waals surface area (Å²) < 4.78 is 28.4. The van der Waals surface area contributed by atoms with Gasteiger partial charge >= 0.3 is 11.9 Å². The standard InChI is InChI=1S/C27H32O7/c1-3-31-26(28)25(27(29)32-4-2)23-16-15-22(33-18-21-13-9-6-10-14-21)24(34-23)19-30-17-20-11-7-5-8-12-20/h5-16,22-25H,3-4,17-19H2,1-2H3/t22-,23+,24+/m0/s1. The Morgan fingerprint density at radius 3 is 1.94 bits per heavy atom. The molecule has 3 atom stereocenters. The third-order valence-corrected chi connectivity index (χ3v) is 5.28. The molecule has 1 heterocycles. The molecule has 3 rings (SSSR count). The molecule has 0 aromatic heterocycles. The average molecular weight is 469 g/mol. The summed E-state index contributed by atoms with van der Waals surface area (Å²) in [5.74, 6) is -2.57. The lowest BCUT2D eigenvalue weighted by Crippen LogP contribution is -2.47. The van der Waals surface area contributed by atoms with E-state index in [4.69, 9.17) is 23.7 Å². The zero-order chi connectivity index (χ0) is 24.2. The highest BCUT2D eigenvalue weighted by Crippen LogP contribution is 2.25. The van der Waals surface area contributed by atoms with Crippen molar-refractivity contribution in [1.29, 1.82) is 0 Å². The van der Waals surface area contributed by atoms with Gasteiger partial charge in [0.2, 0.25) is 0 Å². The summed E-state index contributed by atoms with van der Waals surface area (Å²) in [6.07, 6.45) is 1.69. The molecule has 0 saturated heterocycles. The van der Waals surface area contributed by atoms with E-state index in [-0.39, 0.29) is 19.8 Å². The number of carbonyl (C=O) groups excluding carboxylic acids is 2. The van der Waals surface area contributed by atoms with E-state index in [1.54, 1.807) is 19.9 Å². The number of rotatable bonds is 12. The van der Waals surface area contributed by atoms with E-state index >= 15 is 0 Å². The first-order chi connectivity index (χ1) is 16.6. The third kappa shape index (κ3) is 7.52. The molecule has 0 saturated carbocycles. The van der Waals surface area contributed by atoms with Crippen molar-refractivity contribution in [2.45, 2.75) is 45.4 Å². The van der Waals surface area contributed by atoms with Gasteiger partial charge in [0, 0.05) is 0 Å². The number of hydrogen-bond donors (Lipinski definition) is 0. The van der Waals surface area contributed by atoms with Gasteiger partial charge in [-0.15, -0.1) is 0 Å². The van der Waals surface area contributed by atoms with Crippen LogP contribution in [0.25, 0.3) is 0 Å². The Morgan fingerprint density at radius 2 is 1.38 bits per heavy atom. The van der Waals surface area contributed by atoms with Gasteiger partial charge < -0.3 is 23.7 Å². The van der Waals surface area contributed by atoms with E-state index in [2.05, 4.69) is 0 Å². The summed E-state index contributed by atoms with van der Waals surface area (Å²) in [7, 11) is 0. The molecule has 0 aliphatic carbocycles. The first kappa shape index (κ1) is 25.6. The molecule has 0 bridgehead atoms. The second kappa shape index (κ2) is 13.6. The van der Waals surface area contributed by atoms with E-state index in [0.717, 1.165) is 11.1 Å². The third-order valence-electron chi connectivity index (χ3n) is 5.28. The normalized spacial score (nSPS) is 19.7. The quantitative estimate of drug-likeness (QED) is 0.266. The van der Waals surface area contributed by atoms with Crippen LogP contribution < -0.4 is 0 Å². The molecule has 0 fully saturated rings. The zero-order valence-electron chi connectivity index (χ0n) is 19.6. The molecule has 1 aliphatic rings. The molecule has 0 N–H and O–H groups in total. The molecule has 0 radical (unpaired) electrons. The van der Waals surface area contributed by atoms with E-state index in [1.807, 2.05) is 66.7 Å². The Kier molecular flexibility index (Phi) is 10.3. The van der Waals surface area contributed by atoms with Crippen molar-refractivity contribution < 1.29 is 33.3 Å². The Labute approximate surface area is 200 Å². The molecule has 0 unspecified atom stereocenters. The van der Waals surface area contributed by atoms with Crippen LogP contribution in [-0.4, -0.2) is 50.1 Å². The Morgan fingerprint density at radius 1 is 0.824 bits per heavy atom. The second-order valence-corrected chi connectivity index (χ2v) is 7.77. The summed E-state index contributed by atoms with van der Waals surface area (Å²) in [6.45, 7) is 4.68. The molecular weight excluding hydrogens is 436 g/mol. The maximum absolute atomic E-state index is 12.6. The molecule has 0 spiro atoms. The monoisotopic (exact) mass is 468 g/mol. The largest absolute Gasteiger partial charge is 0.465 e. The molecule has 2 aromatic rings. The van der Waals surface area contributed by atoms with Gasteiger partial charge in [-0.1, -0.05) is 72.8 Å². The predicted molar refractivity (Wildman–Crippen MR) is 126 cm³/mol. The van der Waals surface area contributed by atoms with Gasteiger partial charge in [-0.2, -0.15) is 0 Å². The van der Waals surface area contributed by atoms with Crippen molar-refractivity contribution in [2.24, 2.45) is 5.92 Å². The van der Waals surface area contributed by atoms with Gasteiger partial charge in [0.15, 0.2) is 5.92 Å². The van der Waals surface area contributed by atoms with Crippen molar-refractivity contribution in [3.05, 3.63) is 83.9 Å². The van der Waals surface area contributed by atoms with Gasteiger partial charge in [-0.25, -0.2) is 0 Å². The van der Waals surface area contributed by atoms with Crippen molar-refractivity contribution in [3.63, 3.8) is 0 Å². The van der Waals surface area contributed by atoms with Crippen LogP contribution in [0, 0.1) is 5.92 Å². The smallest absolute Gasteiger partial charge is 0.323 e. The fourth-order valence-electron chi connectivity index (χ4n) is 3.62. The van der Waals surface area contributed by atoms with Gasteiger partial charge in [0.25, 0.3) is 0 Å². The van der Waals surface area contributed by atoms with E-state index in [0.29, 0.717) is 13.2 Å². The minimum atomic E-state index is -1.22. The second-order valence-electron chi connectivity index (χ2n) is 7.77. The summed E-state index contributed by atoms with van der Waals surface area (Å²) in [4.78, 5) is 25.1. The van der Waals surface area contributed by atoms with Crippen molar-refractivity contribution >= 4 is 11.9 Å². The number of hydrogen-bond acceptors (Lipinski definition) is 7. The fraction of sp³-hybridized carbons (Fsp3) is 0.407. The predicted octanol–water partition coefficient (Wildman–Crippen LogP) is 3.85. The Bertz CT molecular complexity index is 895. The Hall–Kier alpha value is -3.00. The van der Waals surface area contributed by atoms with Crippen LogP contribution in [0.15, 0.2) is 72.8 Å². The summed E-state index contributed by atoms with van der Waals surface area (Å²) in [6, 6.07) is 19.6. The number of benzene rings is 2. The highest BCUT2D eigenvalue weighted by molar-refractivity contribution is 5.96. The van der Waals surface area contributed by atoms with Gasteiger partial charge in [-0.05, 0) is 25.0 Å². The van der Waals surface area contributed by atoms with Crippen LogP contribution in [0.1, 0.15) is 25.0 Å². The zero-order valence-corrected chi connectivity index (χ0v) is 19.6. The number of ether oxygens (including phenoxy) is 5. The summed E-state index contributed by atoms with van der Waals surface area (Å²) in [5, 5.41) is 0. The average Bonchev–Trinajstić information content (AvgIpc) is 2.85. The lowest BCUT2D eigenvalue weighted by atomic mass is 9.97. The molecule has 34 heavy (non-hydrogen) atoms. The molecule has 182 valence electrons. The van der Waals surface area contributed by atoms with Crippen molar-refractivity contribution in [2.75, 3.05) is 19.8 Å². The fourth-order valence-corrected chi connectivity index (χ4v) is 3.62. The first-order valence-electron chi connectivity index (χ1n) is 11.6. The molecule has 1 aliphatic heterocycles. The van der Waals surface area contributed by atoms with Crippen molar-refractivity contribution in [3.8, 4) is 0 Å². The topological polar surface area (TPSA) is 80.3 Å². The number of esters is 2. The minimum Gasteiger partial charge on any atom is -0.465 e. The van der Waals surface area contributed by atoms with Crippen molar-refractivity contribution in [1.82, 2.24) is 0 Å². The summed E-state index contributed by atoms with van der Waals surface area (Å²) in [5.41, 5.74) is 2.06. The van der Waals surface area contributed by atoms with E-state index in [1.165, 1.54) is 0 Å². The maximum Gasteiger partial charge on any atom is 0.323 e. The molecule has 2 aromatic carbocycles. The first-order valence-corrected chi connectivity index (χ1v) is 11.6. The number of carbonyl (C=O) groups is 2. The molecule has 7 heteroatoms. The van der Waals surface area contributed by atoms with Gasteiger partial charge in [0.1, 0.15) is 18.3 Å². The van der Waals surface area contributed by atoms with E-state index < -0.39 is 36.2 Å².